The summed E-state index contributed by atoms with van der Waals surface area (Å²) >= 11 is 0. The van der Waals surface area contributed by atoms with Crippen LogP contribution in [0.1, 0.15) is 48.8 Å². The Morgan fingerprint density at radius 2 is 1.84 bits per heavy atom. The van der Waals surface area contributed by atoms with E-state index in [1.54, 1.807) is 0 Å². The SMILES string of the molecule is Cc1ccc(C)c(CN(C)C2(CN)CCCCC2)c1. The standard InChI is InChI=1S/C17H28N2/c1-14-7-8-15(2)16(11-14)12-19(3)17(13-18)9-5-4-6-10-17/h7-8,11H,4-6,9-10,12-13,18H2,1-3H3. The van der Waals surface area contributed by atoms with Gasteiger partial charge < -0.3 is 5.73 Å². The van der Waals surface area contributed by atoms with Gasteiger partial charge in [0.2, 0.25) is 0 Å². The molecule has 2 heteroatoms. The molecular weight excluding hydrogens is 232 g/mol. The lowest BCUT2D eigenvalue weighted by Crippen LogP contribution is -2.52. The van der Waals surface area contributed by atoms with Crippen LogP contribution in [0.15, 0.2) is 18.2 Å². The zero-order valence-corrected chi connectivity index (χ0v) is 12.7. The molecule has 0 spiro atoms. The van der Waals surface area contributed by atoms with Crippen LogP contribution in [0.2, 0.25) is 0 Å². The zero-order chi connectivity index (χ0) is 13.9. The highest BCUT2D eigenvalue weighted by Gasteiger charge is 2.34. The monoisotopic (exact) mass is 260 g/mol. The maximum Gasteiger partial charge on any atom is 0.0332 e. The molecule has 2 rings (SSSR count). The van der Waals surface area contributed by atoms with E-state index in [2.05, 4.69) is 44.0 Å². The third-order valence-electron chi connectivity index (χ3n) is 4.89. The summed E-state index contributed by atoms with van der Waals surface area (Å²) < 4.78 is 0. The number of benzene rings is 1. The predicted molar refractivity (Wildman–Crippen MR) is 82.3 cm³/mol. The van der Waals surface area contributed by atoms with Gasteiger partial charge in [-0.1, -0.05) is 43.0 Å². The second kappa shape index (κ2) is 6.06. The molecule has 0 aliphatic heterocycles. The first-order valence-electron chi connectivity index (χ1n) is 7.55. The van der Waals surface area contributed by atoms with E-state index in [4.69, 9.17) is 5.73 Å². The van der Waals surface area contributed by atoms with Crippen molar-refractivity contribution in [2.75, 3.05) is 13.6 Å². The molecule has 1 aliphatic rings. The summed E-state index contributed by atoms with van der Waals surface area (Å²) in [6.45, 7) is 6.18. The summed E-state index contributed by atoms with van der Waals surface area (Å²) in [7, 11) is 2.25. The fourth-order valence-corrected chi connectivity index (χ4v) is 3.35. The molecule has 0 heterocycles. The van der Waals surface area contributed by atoms with Crippen LogP contribution >= 0.6 is 0 Å². The predicted octanol–water partition coefficient (Wildman–Crippen LogP) is 3.40. The number of likely N-dealkylation sites (N-methyl/N-ethyl adjacent to an activating group) is 1. The Morgan fingerprint density at radius 3 is 2.47 bits per heavy atom. The maximum atomic E-state index is 6.12. The average molecular weight is 260 g/mol. The summed E-state index contributed by atoms with van der Waals surface area (Å²) in [5, 5.41) is 0. The summed E-state index contributed by atoms with van der Waals surface area (Å²) in [5.74, 6) is 0. The Labute approximate surface area is 118 Å². The third kappa shape index (κ3) is 3.18. The summed E-state index contributed by atoms with van der Waals surface area (Å²) in [6, 6.07) is 6.74. The topological polar surface area (TPSA) is 29.3 Å². The van der Waals surface area contributed by atoms with E-state index in [0.717, 1.165) is 13.1 Å². The Balaban J connectivity index is 2.14. The van der Waals surface area contributed by atoms with Crippen molar-refractivity contribution in [3.8, 4) is 0 Å². The molecule has 0 bridgehead atoms. The summed E-state index contributed by atoms with van der Waals surface area (Å²) in [6.07, 6.45) is 6.54. The number of hydrogen-bond donors (Lipinski definition) is 1. The Hall–Kier alpha value is -0.860. The highest BCUT2D eigenvalue weighted by Crippen LogP contribution is 2.33. The number of nitrogens with two attached hydrogens (primary N) is 1. The van der Waals surface area contributed by atoms with E-state index >= 15 is 0 Å². The highest BCUT2D eigenvalue weighted by atomic mass is 15.2. The van der Waals surface area contributed by atoms with E-state index in [0.29, 0.717) is 0 Å². The van der Waals surface area contributed by atoms with Crippen molar-refractivity contribution in [2.45, 2.75) is 58.0 Å². The smallest absolute Gasteiger partial charge is 0.0332 e. The van der Waals surface area contributed by atoms with Gasteiger partial charge in [-0.2, -0.15) is 0 Å². The number of rotatable bonds is 4. The highest BCUT2D eigenvalue weighted by molar-refractivity contribution is 5.30. The van der Waals surface area contributed by atoms with Crippen LogP contribution in [0, 0.1) is 13.8 Å². The second-order valence-corrected chi connectivity index (χ2v) is 6.28. The number of aryl methyl sites for hydroxylation is 2. The van der Waals surface area contributed by atoms with Crippen LogP contribution in [0.4, 0.5) is 0 Å². The molecule has 2 N–H and O–H groups in total. The molecule has 0 atom stereocenters. The van der Waals surface area contributed by atoms with Gasteiger partial charge in [-0.15, -0.1) is 0 Å². The minimum absolute atomic E-state index is 0.231. The van der Waals surface area contributed by atoms with Crippen LogP contribution in [-0.4, -0.2) is 24.0 Å². The van der Waals surface area contributed by atoms with Gasteiger partial charge in [-0.3, -0.25) is 4.90 Å². The van der Waals surface area contributed by atoms with Gasteiger partial charge in [0.05, 0.1) is 0 Å². The van der Waals surface area contributed by atoms with Crippen LogP contribution in [-0.2, 0) is 6.54 Å². The normalized spacial score (nSPS) is 18.8. The van der Waals surface area contributed by atoms with E-state index in [1.807, 2.05) is 0 Å². The first-order chi connectivity index (χ1) is 9.07. The molecule has 2 nitrogen and oxygen atoms in total. The largest absolute Gasteiger partial charge is 0.329 e. The molecular formula is C17H28N2. The van der Waals surface area contributed by atoms with E-state index < -0.39 is 0 Å². The van der Waals surface area contributed by atoms with Crippen LogP contribution < -0.4 is 5.73 Å². The lowest BCUT2D eigenvalue weighted by atomic mass is 9.80. The molecule has 0 radical (unpaired) electrons. The number of hydrogen-bond acceptors (Lipinski definition) is 2. The molecule has 0 saturated heterocycles. The quantitative estimate of drug-likeness (QED) is 0.899. The van der Waals surface area contributed by atoms with Crippen molar-refractivity contribution in [1.82, 2.24) is 4.90 Å². The van der Waals surface area contributed by atoms with Gasteiger partial charge in [0.25, 0.3) is 0 Å². The average Bonchev–Trinajstić information content (AvgIpc) is 2.43. The molecule has 0 unspecified atom stereocenters. The minimum atomic E-state index is 0.231. The molecule has 0 amide bonds. The molecule has 1 fully saturated rings. The zero-order valence-electron chi connectivity index (χ0n) is 12.7. The lowest BCUT2D eigenvalue weighted by Gasteiger charge is -2.44. The molecule has 0 aromatic heterocycles. The minimum Gasteiger partial charge on any atom is -0.329 e. The Bertz CT molecular complexity index is 419. The molecule has 106 valence electrons. The molecule has 1 aliphatic carbocycles. The van der Waals surface area contributed by atoms with Gasteiger partial charge in [-0.05, 0) is 44.9 Å². The van der Waals surface area contributed by atoms with Crippen LogP contribution in [0.5, 0.6) is 0 Å². The third-order valence-corrected chi connectivity index (χ3v) is 4.89. The molecule has 1 saturated carbocycles. The van der Waals surface area contributed by atoms with Crippen LogP contribution in [0.3, 0.4) is 0 Å². The Kier molecular flexibility index (Phi) is 4.64. The molecule has 1 aromatic rings. The summed E-state index contributed by atoms with van der Waals surface area (Å²) in [5.41, 5.74) is 10.5. The van der Waals surface area contributed by atoms with Crippen molar-refractivity contribution >= 4 is 0 Å². The first-order valence-corrected chi connectivity index (χ1v) is 7.55. The number of nitrogens with zero attached hydrogens (tertiary/aromatic N) is 1. The molecule has 19 heavy (non-hydrogen) atoms. The van der Waals surface area contributed by atoms with Crippen molar-refractivity contribution < 1.29 is 0 Å². The van der Waals surface area contributed by atoms with Gasteiger partial charge in [0.1, 0.15) is 0 Å². The van der Waals surface area contributed by atoms with Gasteiger partial charge in [-0.25, -0.2) is 0 Å². The van der Waals surface area contributed by atoms with Crippen molar-refractivity contribution in [3.63, 3.8) is 0 Å². The van der Waals surface area contributed by atoms with Gasteiger partial charge in [0.15, 0.2) is 0 Å². The van der Waals surface area contributed by atoms with E-state index in [9.17, 15) is 0 Å². The maximum absolute atomic E-state index is 6.12. The van der Waals surface area contributed by atoms with E-state index in [-0.39, 0.29) is 5.54 Å². The fraction of sp³-hybridized carbons (Fsp3) is 0.647. The fourth-order valence-electron chi connectivity index (χ4n) is 3.35. The lowest BCUT2D eigenvalue weighted by molar-refractivity contribution is 0.0757. The van der Waals surface area contributed by atoms with Gasteiger partial charge >= 0.3 is 0 Å². The second-order valence-electron chi connectivity index (χ2n) is 6.28. The Morgan fingerprint density at radius 1 is 1.16 bits per heavy atom. The van der Waals surface area contributed by atoms with Crippen molar-refractivity contribution in [2.24, 2.45) is 5.73 Å². The molecule has 1 aromatic carbocycles. The van der Waals surface area contributed by atoms with Crippen LogP contribution in [0.25, 0.3) is 0 Å². The summed E-state index contributed by atoms with van der Waals surface area (Å²) in [4.78, 5) is 2.51. The van der Waals surface area contributed by atoms with Crippen molar-refractivity contribution in [1.29, 1.82) is 0 Å². The first kappa shape index (κ1) is 14.5. The van der Waals surface area contributed by atoms with Crippen molar-refractivity contribution in [3.05, 3.63) is 34.9 Å². The van der Waals surface area contributed by atoms with Gasteiger partial charge in [0, 0.05) is 18.6 Å². The van der Waals surface area contributed by atoms with E-state index in [1.165, 1.54) is 48.8 Å².